The molecule has 4 heteroatoms. The van der Waals surface area contributed by atoms with Crippen LogP contribution in [0.15, 0.2) is 48.5 Å². The van der Waals surface area contributed by atoms with Crippen LogP contribution < -0.4 is 0 Å². The van der Waals surface area contributed by atoms with Crippen LogP contribution in [0.4, 0.5) is 0 Å². The first-order chi connectivity index (χ1) is 13.6. The second-order valence-corrected chi connectivity index (χ2v) is 8.46. The van der Waals surface area contributed by atoms with Crippen molar-refractivity contribution in [3.8, 4) is 0 Å². The summed E-state index contributed by atoms with van der Waals surface area (Å²) in [4.78, 5) is 31.0. The number of hydrogen-bond acceptors (Lipinski definition) is 2. The first-order valence-corrected chi connectivity index (χ1v) is 10.4. The van der Waals surface area contributed by atoms with Crippen molar-refractivity contribution in [2.75, 3.05) is 19.6 Å². The minimum atomic E-state index is -0.316. The molecule has 0 aliphatic carbocycles. The zero-order valence-electron chi connectivity index (χ0n) is 16.3. The molecule has 4 nitrogen and oxygen atoms in total. The molecule has 28 heavy (non-hydrogen) atoms. The Hall–Kier alpha value is -2.62. The molecule has 144 valence electrons. The monoisotopic (exact) mass is 374 g/mol. The van der Waals surface area contributed by atoms with Gasteiger partial charge in [0.05, 0.1) is 12.0 Å². The van der Waals surface area contributed by atoms with Crippen molar-refractivity contribution in [3.63, 3.8) is 0 Å². The molecule has 2 amide bonds. The van der Waals surface area contributed by atoms with Crippen molar-refractivity contribution in [1.82, 2.24) is 9.80 Å². The second kappa shape index (κ2) is 6.77. The van der Waals surface area contributed by atoms with Crippen molar-refractivity contribution in [2.24, 2.45) is 5.92 Å². The second-order valence-electron chi connectivity index (χ2n) is 8.46. The maximum atomic E-state index is 13.8. The van der Waals surface area contributed by atoms with E-state index in [-0.39, 0.29) is 23.8 Å². The lowest BCUT2D eigenvalue weighted by Crippen LogP contribution is -2.51. The Kier molecular flexibility index (Phi) is 4.22. The molecule has 1 fully saturated rings. The van der Waals surface area contributed by atoms with Crippen LogP contribution in [0, 0.1) is 5.92 Å². The molecule has 5 rings (SSSR count). The molecule has 3 aliphatic heterocycles. The lowest BCUT2D eigenvalue weighted by Gasteiger charge is -2.46. The Labute approximate surface area is 166 Å². The average molecular weight is 374 g/mol. The quantitative estimate of drug-likeness (QED) is 0.762. The summed E-state index contributed by atoms with van der Waals surface area (Å²) in [6.07, 6.45) is 2.97. The number of nitrogens with zero attached hydrogens (tertiary/aromatic N) is 2. The van der Waals surface area contributed by atoms with Gasteiger partial charge in [0.15, 0.2) is 0 Å². The van der Waals surface area contributed by atoms with Gasteiger partial charge in [0.2, 0.25) is 5.91 Å². The highest BCUT2D eigenvalue weighted by Crippen LogP contribution is 2.46. The number of hydrogen-bond donors (Lipinski definition) is 0. The van der Waals surface area contributed by atoms with E-state index >= 15 is 0 Å². The predicted octanol–water partition coefficient (Wildman–Crippen LogP) is 3.78. The van der Waals surface area contributed by atoms with Crippen LogP contribution in [-0.2, 0) is 11.2 Å². The fourth-order valence-electron chi connectivity index (χ4n) is 5.17. The molecule has 0 spiro atoms. The van der Waals surface area contributed by atoms with Crippen LogP contribution in [0.2, 0.25) is 0 Å². The van der Waals surface area contributed by atoms with E-state index in [1.165, 1.54) is 5.56 Å². The fourth-order valence-corrected chi connectivity index (χ4v) is 5.17. The molecule has 2 aromatic rings. The van der Waals surface area contributed by atoms with Crippen LogP contribution >= 0.6 is 0 Å². The van der Waals surface area contributed by atoms with Crippen LogP contribution in [0.1, 0.15) is 58.8 Å². The summed E-state index contributed by atoms with van der Waals surface area (Å²) in [5.41, 5.74) is 4.00. The van der Waals surface area contributed by atoms with Crippen molar-refractivity contribution >= 4 is 11.8 Å². The molecule has 1 saturated heterocycles. The largest absolute Gasteiger partial charge is 0.342 e. The van der Waals surface area contributed by atoms with E-state index in [0.29, 0.717) is 18.0 Å². The number of carbonyl (C=O) groups excluding carboxylic acids is 2. The van der Waals surface area contributed by atoms with Crippen molar-refractivity contribution in [1.29, 1.82) is 0 Å². The molecular weight excluding hydrogens is 348 g/mol. The minimum Gasteiger partial charge on any atom is -0.342 e. The Morgan fingerprint density at radius 1 is 0.929 bits per heavy atom. The molecule has 0 aromatic heterocycles. The summed E-state index contributed by atoms with van der Waals surface area (Å²) in [6.45, 7) is 4.58. The molecule has 3 aliphatic rings. The normalized spacial score (nSPS) is 24.4. The van der Waals surface area contributed by atoms with E-state index in [2.05, 4.69) is 25.1 Å². The number of piperidine rings is 1. The molecular formula is C24H26N2O2. The maximum Gasteiger partial charge on any atom is 0.254 e. The van der Waals surface area contributed by atoms with E-state index in [1.54, 1.807) is 0 Å². The Bertz CT molecular complexity index is 930. The standard InChI is InChI=1S/C24H26N2O2/c1-16-10-13-25(14-11-16)24(28)21-19-8-4-5-9-20(19)23(27)26-15-12-17-6-2-3-7-18(17)22(21)26/h2-9,16,21-22H,10-15H2,1H3/t21-,22-/m1/s1. The Balaban J connectivity index is 1.63. The van der Waals surface area contributed by atoms with Crippen LogP contribution in [0.3, 0.4) is 0 Å². The van der Waals surface area contributed by atoms with Gasteiger partial charge in [-0.3, -0.25) is 9.59 Å². The van der Waals surface area contributed by atoms with Crippen LogP contribution in [-0.4, -0.2) is 41.2 Å². The van der Waals surface area contributed by atoms with Gasteiger partial charge in [-0.25, -0.2) is 0 Å². The number of rotatable bonds is 1. The topological polar surface area (TPSA) is 40.6 Å². The maximum absolute atomic E-state index is 13.8. The van der Waals surface area contributed by atoms with Gasteiger partial charge in [-0.15, -0.1) is 0 Å². The first-order valence-electron chi connectivity index (χ1n) is 10.4. The molecule has 2 atom stereocenters. The molecule has 0 unspecified atom stereocenters. The van der Waals surface area contributed by atoms with Crippen molar-refractivity contribution < 1.29 is 9.59 Å². The van der Waals surface area contributed by atoms with Crippen LogP contribution in [0.25, 0.3) is 0 Å². The van der Waals surface area contributed by atoms with E-state index in [1.807, 2.05) is 40.1 Å². The lowest BCUT2D eigenvalue weighted by atomic mass is 9.75. The lowest BCUT2D eigenvalue weighted by molar-refractivity contribution is -0.136. The minimum absolute atomic E-state index is 0.0615. The first kappa shape index (κ1) is 17.5. The highest BCUT2D eigenvalue weighted by molar-refractivity contribution is 6.01. The molecule has 0 radical (unpaired) electrons. The highest BCUT2D eigenvalue weighted by Gasteiger charge is 2.47. The fraction of sp³-hybridized carbons (Fsp3) is 0.417. The average Bonchev–Trinajstić information content (AvgIpc) is 2.74. The van der Waals surface area contributed by atoms with Gasteiger partial charge in [-0.05, 0) is 47.9 Å². The number of amides is 2. The van der Waals surface area contributed by atoms with Crippen LogP contribution in [0.5, 0.6) is 0 Å². The van der Waals surface area contributed by atoms with Gasteiger partial charge in [-0.2, -0.15) is 0 Å². The van der Waals surface area contributed by atoms with Crippen molar-refractivity contribution in [2.45, 2.75) is 38.1 Å². The summed E-state index contributed by atoms with van der Waals surface area (Å²) >= 11 is 0. The SMILES string of the molecule is CC1CCN(C(=O)[C@@H]2c3ccccc3C(=O)N3CCc4ccccc4[C@H]23)CC1. The summed E-state index contributed by atoms with van der Waals surface area (Å²) in [5.74, 6) is 0.602. The summed E-state index contributed by atoms with van der Waals surface area (Å²) in [7, 11) is 0. The Morgan fingerprint density at radius 2 is 1.61 bits per heavy atom. The van der Waals surface area contributed by atoms with Gasteiger partial charge >= 0.3 is 0 Å². The van der Waals surface area contributed by atoms with Gasteiger partial charge in [-0.1, -0.05) is 49.4 Å². The van der Waals surface area contributed by atoms with Gasteiger partial charge < -0.3 is 9.80 Å². The third-order valence-corrected chi connectivity index (χ3v) is 6.80. The third-order valence-electron chi connectivity index (χ3n) is 6.80. The smallest absolute Gasteiger partial charge is 0.254 e. The number of benzene rings is 2. The number of fused-ring (bicyclic) bond motifs is 4. The third kappa shape index (κ3) is 2.66. The number of carbonyl (C=O) groups is 2. The Morgan fingerprint density at radius 3 is 2.39 bits per heavy atom. The molecule has 2 aromatic carbocycles. The van der Waals surface area contributed by atoms with E-state index in [0.717, 1.165) is 43.5 Å². The molecule has 3 heterocycles. The molecule has 0 saturated carbocycles. The van der Waals surface area contributed by atoms with E-state index < -0.39 is 0 Å². The zero-order chi connectivity index (χ0) is 19.3. The van der Waals surface area contributed by atoms with E-state index in [9.17, 15) is 9.59 Å². The van der Waals surface area contributed by atoms with E-state index in [4.69, 9.17) is 0 Å². The summed E-state index contributed by atoms with van der Waals surface area (Å²) < 4.78 is 0. The molecule has 0 bridgehead atoms. The predicted molar refractivity (Wildman–Crippen MR) is 108 cm³/mol. The number of likely N-dealkylation sites (tertiary alicyclic amines) is 1. The summed E-state index contributed by atoms with van der Waals surface area (Å²) in [5, 5.41) is 0. The van der Waals surface area contributed by atoms with Gasteiger partial charge in [0.25, 0.3) is 5.91 Å². The highest BCUT2D eigenvalue weighted by atomic mass is 16.2. The summed E-state index contributed by atoms with van der Waals surface area (Å²) in [6, 6.07) is 15.8. The van der Waals surface area contributed by atoms with Crippen molar-refractivity contribution in [3.05, 3.63) is 70.8 Å². The molecule has 0 N–H and O–H groups in total. The van der Waals surface area contributed by atoms with Gasteiger partial charge in [0, 0.05) is 25.2 Å². The van der Waals surface area contributed by atoms with Gasteiger partial charge in [0.1, 0.15) is 0 Å². The zero-order valence-corrected chi connectivity index (χ0v) is 16.3.